The van der Waals surface area contributed by atoms with E-state index in [1.54, 1.807) is 6.26 Å². The van der Waals surface area contributed by atoms with Crippen LogP contribution in [0.3, 0.4) is 0 Å². The van der Waals surface area contributed by atoms with Gasteiger partial charge < -0.3 is 19.0 Å². The van der Waals surface area contributed by atoms with Crippen LogP contribution in [0.4, 0.5) is 0 Å². The number of rotatable bonds is 3. The van der Waals surface area contributed by atoms with Gasteiger partial charge in [0, 0.05) is 49.2 Å². The number of hydrogen-bond acceptors (Lipinski definition) is 4. The van der Waals surface area contributed by atoms with Crippen molar-refractivity contribution in [3.63, 3.8) is 0 Å². The second kappa shape index (κ2) is 7.28. The fourth-order valence-electron chi connectivity index (χ4n) is 4.11. The van der Waals surface area contributed by atoms with Crippen LogP contribution >= 0.6 is 11.6 Å². The molecule has 2 aliphatic rings. The quantitative estimate of drug-likeness (QED) is 0.732. The maximum Gasteiger partial charge on any atom is 0.257 e. The standard InChI is InChI=1S/C21H22ClN3O3/c22-18-3-1-2-16-17-12-25(5-4-19(17)23-20(16)18)21(26)14-10-15(28-13-14)11-24-6-8-27-9-7-24/h1-3,10,13,23H,4-9,11-12H2. The summed E-state index contributed by atoms with van der Waals surface area (Å²) in [6, 6.07) is 7.77. The number of benzene rings is 1. The van der Waals surface area contributed by atoms with E-state index < -0.39 is 0 Å². The number of hydrogen-bond donors (Lipinski definition) is 1. The van der Waals surface area contributed by atoms with Gasteiger partial charge in [-0.15, -0.1) is 0 Å². The highest BCUT2D eigenvalue weighted by Crippen LogP contribution is 2.32. The van der Waals surface area contributed by atoms with Crippen molar-refractivity contribution in [2.24, 2.45) is 0 Å². The number of morpholine rings is 1. The van der Waals surface area contributed by atoms with Crippen LogP contribution in [-0.2, 0) is 24.2 Å². The Bertz CT molecular complexity index is 1020. The zero-order valence-corrected chi connectivity index (χ0v) is 16.3. The molecule has 0 saturated carbocycles. The molecule has 1 N–H and O–H groups in total. The van der Waals surface area contributed by atoms with Crippen LogP contribution in [0, 0.1) is 0 Å². The topological polar surface area (TPSA) is 61.7 Å². The molecule has 4 heterocycles. The fraction of sp³-hybridized carbons (Fsp3) is 0.381. The molecule has 3 aromatic rings. The number of nitrogens with zero attached hydrogens (tertiary/aromatic N) is 2. The first-order valence-corrected chi connectivity index (χ1v) is 10.0. The lowest BCUT2D eigenvalue weighted by molar-refractivity contribution is 0.0313. The molecular formula is C21H22ClN3O3. The van der Waals surface area contributed by atoms with Crippen LogP contribution in [0.2, 0.25) is 5.02 Å². The summed E-state index contributed by atoms with van der Waals surface area (Å²) in [6.45, 7) is 5.25. The number of aromatic nitrogens is 1. The summed E-state index contributed by atoms with van der Waals surface area (Å²) in [5.41, 5.74) is 3.91. The SMILES string of the molecule is O=C(c1coc(CN2CCOCC2)c1)N1CCc2[nH]c3c(Cl)cccc3c2C1. The minimum absolute atomic E-state index is 0.0130. The van der Waals surface area contributed by atoms with Gasteiger partial charge in [-0.3, -0.25) is 9.69 Å². The molecule has 1 aromatic carbocycles. The van der Waals surface area contributed by atoms with Gasteiger partial charge in [0.25, 0.3) is 5.91 Å². The Morgan fingerprint density at radius 2 is 2.07 bits per heavy atom. The normalized spacial score (nSPS) is 17.8. The van der Waals surface area contributed by atoms with Gasteiger partial charge in [-0.1, -0.05) is 23.7 Å². The average Bonchev–Trinajstić information content (AvgIpc) is 3.33. The number of aromatic amines is 1. The Balaban J connectivity index is 1.33. The number of ether oxygens (including phenoxy) is 1. The lowest BCUT2D eigenvalue weighted by Crippen LogP contribution is -2.36. The number of carbonyl (C=O) groups is 1. The highest BCUT2D eigenvalue weighted by molar-refractivity contribution is 6.35. The van der Waals surface area contributed by atoms with Crippen molar-refractivity contribution in [3.8, 4) is 0 Å². The molecule has 7 heteroatoms. The van der Waals surface area contributed by atoms with Crippen LogP contribution in [0.15, 0.2) is 34.9 Å². The maximum absolute atomic E-state index is 13.0. The van der Waals surface area contributed by atoms with Gasteiger partial charge in [-0.05, 0) is 12.1 Å². The van der Waals surface area contributed by atoms with Crippen LogP contribution in [0.5, 0.6) is 0 Å². The van der Waals surface area contributed by atoms with Crippen molar-refractivity contribution >= 4 is 28.4 Å². The zero-order chi connectivity index (χ0) is 19.1. The zero-order valence-electron chi connectivity index (χ0n) is 15.5. The molecule has 146 valence electrons. The summed E-state index contributed by atoms with van der Waals surface area (Å²) in [6.07, 6.45) is 2.38. The van der Waals surface area contributed by atoms with Crippen molar-refractivity contribution in [2.45, 2.75) is 19.5 Å². The summed E-state index contributed by atoms with van der Waals surface area (Å²) in [4.78, 5) is 20.6. The minimum atomic E-state index is 0.0130. The molecule has 0 unspecified atom stereocenters. The third-order valence-corrected chi connectivity index (χ3v) is 5.95. The molecule has 2 aromatic heterocycles. The number of fused-ring (bicyclic) bond motifs is 3. The number of H-pyrrole nitrogens is 1. The summed E-state index contributed by atoms with van der Waals surface area (Å²) in [5, 5.41) is 1.81. The molecule has 0 aliphatic carbocycles. The van der Waals surface area contributed by atoms with Crippen LogP contribution < -0.4 is 0 Å². The number of halogens is 1. The predicted octanol–water partition coefficient (Wildman–Crippen LogP) is 3.45. The molecule has 5 rings (SSSR count). The molecule has 0 spiro atoms. The highest BCUT2D eigenvalue weighted by Gasteiger charge is 2.26. The van der Waals surface area contributed by atoms with E-state index in [-0.39, 0.29) is 5.91 Å². The Hall–Kier alpha value is -2.28. The van der Waals surface area contributed by atoms with E-state index in [2.05, 4.69) is 16.0 Å². The molecule has 2 aliphatic heterocycles. The van der Waals surface area contributed by atoms with E-state index in [4.69, 9.17) is 20.8 Å². The van der Waals surface area contributed by atoms with Gasteiger partial charge >= 0.3 is 0 Å². The average molecular weight is 400 g/mol. The van der Waals surface area contributed by atoms with Gasteiger partial charge in [0.1, 0.15) is 12.0 Å². The smallest absolute Gasteiger partial charge is 0.257 e. The second-order valence-corrected chi connectivity index (χ2v) is 7.82. The Morgan fingerprint density at radius 3 is 2.93 bits per heavy atom. The van der Waals surface area contributed by atoms with Crippen molar-refractivity contribution < 1.29 is 13.9 Å². The van der Waals surface area contributed by atoms with Gasteiger partial charge in [0.05, 0.1) is 35.9 Å². The first-order chi connectivity index (χ1) is 13.7. The van der Waals surface area contributed by atoms with E-state index in [0.717, 1.165) is 55.0 Å². The number of para-hydroxylation sites is 1. The van der Waals surface area contributed by atoms with E-state index >= 15 is 0 Å². The van der Waals surface area contributed by atoms with Gasteiger partial charge in [-0.2, -0.15) is 0 Å². The second-order valence-electron chi connectivity index (χ2n) is 7.41. The Kier molecular flexibility index (Phi) is 4.62. The van der Waals surface area contributed by atoms with Crippen LogP contribution in [0.25, 0.3) is 10.9 Å². The first kappa shape index (κ1) is 17.8. The summed E-state index contributed by atoms with van der Waals surface area (Å²) >= 11 is 6.32. The summed E-state index contributed by atoms with van der Waals surface area (Å²) < 4.78 is 11.0. The molecular weight excluding hydrogens is 378 g/mol. The van der Waals surface area contributed by atoms with Crippen LogP contribution in [0.1, 0.15) is 27.4 Å². The third-order valence-electron chi connectivity index (χ3n) is 5.63. The summed E-state index contributed by atoms with van der Waals surface area (Å²) in [7, 11) is 0. The molecule has 28 heavy (non-hydrogen) atoms. The molecule has 6 nitrogen and oxygen atoms in total. The molecule has 0 bridgehead atoms. The van der Waals surface area contributed by atoms with E-state index in [1.165, 1.54) is 5.69 Å². The van der Waals surface area contributed by atoms with Gasteiger partial charge in [0.2, 0.25) is 0 Å². The lowest BCUT2D eigenvalue weighted by Gasteiger charge is -2.27. The summed E-state index contributed by atoms with van der Waals surface area (Å²) in [5.74, 6) is 0.834. The fourth-order valence-corrected chi connectivity index (χ4v) is 4.34. The van der Waals surface area contributed by atoms with Crippen molar-refractivity contribution in [3.05, 3.63) is 58.1 Å². The van der Waals surface area contributed by atoms with Gasteiger partial charge in [-0.25, -0.2) is 0 Å². The van der Waals surface area contributed by atoms with Crippen molar-refractivity contribution in [1.29, 1.82) is 0 Å². The number of nitrogens with one attached hydrogen (secondary N) is 1. The van der Waals surface area contributed by atoms with E-state index in [0.29, 0.717) is 30.2 Å². The van der Waals surface area contributed by atoms with Gasteiger partial charge in [0.15, 0.2) is 0 Å². The number of carbonyl (C=O) groups excluding carboxylic acids is 1. The van der Waals surface area contributed by atoms with E-state index in [1.807, 2.05) is 23.1 Å². The maximum atomic E-state index is 13.0. The molecule has 1 amide bonds. The minimum Gasteiger partial charge on any atom is -0.467 e. The molecule has 1 saturated heterocycles. The predicted molar refractivity (Wildman–Crippen MR) is 107 cm³/mol. The lowest BCUT2D eigenvalue weighted by atomic mass is 10.0. The Labute approximate surface area is 168 Å². The van der Waals surface area contributed by atoms with Crippen LogP contribution in [-0.4, -0.2) is 53.5 Å². The molecule has 0 atom stereocenters. The van der Waals surface area contributed by atoms with Crippen molar-refractivity contribution in [2.75, 3.05) is 32.8 Å². The highest BCUT2D eigenvalue weighted by atomic mass is 35.5. The molecule has 1 fully saturated rings. The monoisotopic (exact) mass is 399 g/mol. The number of furan rings is 1. The largest absolute Gasteiger partial charge is 0.467 e. The van der Waals surface area contributed by atoms with E-state index in [9.17, 15) is 4.79 Å². The molecule has 0 radical (unpaired) electrons. The first-order valence-electron chi connectivity index (χ1n) is 9.64. The van der Waals surface area contributed by atoms with Crippen molar-refractivity contribution in [1.82, 2.24) is 14.8 Å². The number of amides is 1. The Morgan fingerprint density at radius 1 is 1.21 bits per heavy atom. The third kappa shape index (κ3) is 3.21.